The van der Waals surface area contributed by atoms with Crippen LogP contribution < -0.4 is 24.0 Å². The van der Waals surface area contributed by atoms with E-state index < -0.39 is 0 Å². The molecule has 0 spiro atoms. The molecule has 0 saturated heterocycles. The second kappa shape index (κ2) is 8.85. The highest BCUT2D eigenvalue weighted by molar-refractivity contribution is 7.14. The standard InChI is InChI=1S/C23H25N3O4S/c1-14-10-18(15-11-20(28-3)22(30-5)21(12-15)29-4)26(25-14)23-24-17(13-31-23)16-8-6-7-9-19(16)27-2/h6-9,11-13,18H,10H2,1-5H3/t18-/m0/s1. The third-order valence-electron chi connectivity index (χ3n) is 5.21. The lowest BCUT2D eigenvalue weighted by Gasteiger charge is -2.23. The molecule has 0 aliphatic carbocycles. The van der Waals surface area contributed by atoms with E-state index in [1.807, 2.05) is 53.7 Å². The van der Waals surface area contributed by atoms with Crippen LogP contribution in [-0.4, -0.2) is 39.1 Å². The van der Waals surface area contributed by atoms with Gasteiger partial charge in [-0.2, -0.15) is 5.10 Å². The Morgan fingerprint density at radius 2 is 1.61 bits per heavy atom. The molecule has 0 fully saturated rings. The summed E-state index contributed by atoms with van der Waals surface area (Å²) in [6.07, 6.45) is 0.780. The van der Waals surface area contributed by atoms with Gasteiger partial charge in [0.05, 0.1) is 40.2 Å². The van der Waals surface area contributed by atoms with Gasteiger partial charge in [-0.1, -0.05) is 12.1 Å². The van der Waals surface area contributed by atoms with Crippen LogP contribution in [0.3, 0.4) is 0 Å². The number of hydrogen-bond acceptors (Lipinski definition) is 8. The highest BCUT2D eigenvalue weighted by Crippen LogP contribution is 2.44. The molecule has 1 aliphatic rings. The number of ether oxygens (including phenoxy) is 4. The SMILES string of the molecule is COc1ccccc1-c1csc(N2N=C(C)C[C@H]2c2cc(OC)c(OC)c(OC)c2)n1. The zero-order chi connectivity index (χ0) is 22.0. The van der Waals surface area contributed by atoms with Crippen molar-refractivity contribution in [3.8, 4) is 34.3 Å². The molecule has 1 atom stereocenters. The highest BCUT2D eigenvalue weighted by Gasteiger charge is 2.31. The lowest BCUT2D eigenvalue weighted by Crippen LogP contribution is -2.18. The van der Waals surface area contributed by atoms with Gasteiger partial charge in [0.25, 0.3) is 0 Å². The fourth-order valence-corrected chi connectivity index (χ4v) is 4.56. The Kier molecular flexibility index (Phi) is 5.99. The molecule has 0 bridgehead atoms. The summed E-state index contributed by atoms with van der Waals surface area (Å²) in [5.74, 6) is 2.61. The molecule has 7 nitrogen and oxygen atoms in total. The summed E-state index contributed by atoms with van der Waals surface area (Å²) < 4.78 is 22.1. The van der Waals surface area contributed by atoms with Gasteiger partial charge in [-0.3, -0.25) is 0 Å². The zero-order valence-corrected chi connectivity index (χ0v) is 19.0. The predicted octanol–water partition coefficient (Wildman–Crippen LogP) is 5.17. The van der Waals surface area contributed by atoms with Crippen LogP contribution in [0.4, 0.5) is 5.13 Å². The molecule has 1 aromatic heterocycles. The van der Waals surface area contributed by atoms with E-state index in [0.29, 0.717) is 17.2 Å². The van der Waals surface area contributed by atoms with Gasteiger partial charge in [0.2, 0.25) is 10.9 Å². The molecule has 2 aromatic carbocycles. The molecule has 2 heterocycles. The van der Waals surface area contributed by atoms with Crippen molar-refractivity contribution in [2.75, 3.05) is 33.4 Å². The molecule has 1 aliphatic heterocycles. The van der Waals surface area contributed by atoms with Crippen molar-refractivity contribution in [3.05, 3.63) is 47.3 Å². The number of benzene rings is 2. The predicted molar refractivity (Wildman–Crippen MR) is 123 cm³/mol. The van der Waals surface area contributed by atoms with Crippen molar-refractivity contribution < 1.29 is 18.9 Å². The molecule has 162 valence electrons. The van der Waals surface area contributed by atoms with Gasteiger partial charge in [0.1, 0.15) is 5.75 Å². The van der Waals surface area contributed by atoms with E-state index in [4.69, 9.17) is 29.0 Å². The number of hydrogen-bond donors (Lipinski definition) is 0. The van der Waals surface area contributed by atoms with Crippen molar-refractivity contribution in [2.24, 2.45) is 5.10 Å². The van der Waals surface area contributed by atoms with Crippen LogP contribution in [0.5, 0.6) is 23.0 Å². The van der Waals surface area contributed by atoms with E-state index in [9.17, 15) is 0 Å². The average molecular weight is 440 g/mol. The summed E-state index contributed by atoms with van der Waals surface area (Å²) in [5.41, 5.74) is 3.87. The lowest BCUT2D eigenvalue weighted by molar-refractivity contribution is 0.323. The molecular formula is C23H25N3O4S. The molecule has 8 heteroatoms. The minimum Gasteiger partial charge on any atom is -0.496 e. The van der Waals surface area contributed by atoms with Crippen LogP contribution in [0, 0.1) is 0 Å². The van der Waals surface area contributed by atoms with Crippen molar-refractivity contribution in [1.82, 2.24) is 4.98 Å². The van der Waals surface area contributed by atoms with Gasteiger partial charge in [0, 0.05) is 23.1 Å². The van der Waals surface area contributed by atoms with Crippen molar-refractivity contribution in [2.45, 2.75) is 19.4 Å². The number of hydrazone groups is 1. The Labute approximate surface area is 185 Å². The minimum atomic E-state index is -0.0228. The Morgan fingerprint density at radius 1 is 0.935 bits per heavy atom. The first-order valence-electron chi connectivity index (χ1n) is 9.81. The molecule has 0 N–H and O–H groups in total. The first-order chi connectivity index (χ1) is 15.1. The first-order valence-corrected chi connectivity index (χ1v) is 10.7. The maximum absolute atomic E-state index is 5.55. The van der Waals surface area contributed by atoms with Crippen LogP contribution in [0.25, 0.3) is 11.3 Å². The smallest absolute Gasteiger partial charge is 0.207 e. The molecule has 0 radical (unpaired) electrons. The largest absolute Gasteiger partial charge is 0.496 e. The summed E-state index contributed by atoms with van der Waals surface area (Å²) in [6.45, 7) is 2.03. The number of nitrogens with zero attached hydrogens (tertiary/aromatic N) is 3. The van der Waals surface area contributed by atoms with E-state index in [0.717, 1.165) is 39.8 Å². The maximum atomic E-state index is 5.55. The van der Waals surface area contributed by atoms with Crippen molar-refractivity contribution >= 4 is 22.2 Å². The first kappa shape index (κ1) is 21.0. The lowest BCUT2D eigenvalue weighted by atomic mass is 10.0. The summed E-state index contributed by atoms with van der Waals surface area (Å²) in [7, 11) is 6.51. The number of aromatic nitrogens is 1. The van der Waals surface area contributed by atoms with Gasteiger partial charge >= 0.3 is 0 Å². The average Bonchev–Trinajstić information content (AvgIpc) is 3.44. The second-order valence-corrected chi connectivity index (χ2v) is 7.91. The topological polar surface area (TPSA) is 65.4 Å². The Bertz CT molecular complexity index is 1090. The van der Waals surface area contributed by atoms with Crippen LogP contribution in [0.2, 0.25) is 0 Å². The molecule has 0 amide bonds. The summed E-state index contributed by atoms with van der Waals surface area (Å²) >= 11 is 1.55. The fourth-order valence-electron chi connectivity index (χ4n) is 3.74. The summed E-state index contributed by atoms with van der Waals surface area (Å²) in [4.78, 5) is 4.87. The Balaban J connectivity index is 1.72. The normalized spacial score (nSPS) is 15.6. The number of thiazole rings is 1. The van der Waals surface area contributed by atoms with Crippen LogP contribution in [0.1, 0.15) is 24.9 Å². The van der Waals surface area contributed by atoms with Gasteiger partial charge in [-0.05, 0) is 36.8 Å². The number of anilines is 1. The van der Waals surface area contributed by atoms with Gasteiger partial charge in [0.15, 0.2) is 11.5 Å². The fraction of sp³-hybridized carbons (Fsp3) is 0.304. The molecule has 0 saturated carbocycles. The van der Waals surface area contributed by atoms with Gasteiger partial charge in [-0.15, -0.1) is 11.3 Å². The summed E-state index contributed by atoms with van der Waals surface area (Å²) in [6, 6.07) is 11.8. The molecular weight excluding hydrogens is 414 g/mol. The zero-order valence-electron chi connectivity index (χ0n) is 18.2. The van der Waals surface area contributed by atoms with Crippen LogP contribution in [-0.2, 0) is 0 Å². The van der Waals surface area contributed by atoms with E-state index in [-0.39, 0.29) is 6.04 Å². The van der Waals surface area contributed by atoms with E-state index >= 15 is 0 Å². The van der Waals surface area contributed by atoms with Crippen molar-refractivity contribution in [1.29, 1.82) is 0 Å². The number of methoxy groups -OCH3 is 4. The maximum Gasteiger partial charge on any atom is 0.207 e. The van der Waals surface area contributed by atoms with E-state index in [2.05, 4.69) is 0 Å². The molecule has 3 aromatic rings. The summed E-state index contributed by atoms with van der Waals surface area (Å²) in [5, 5.41) is 9.59. The second-order valence-electron chi connectivity index (χ2n) is 7.07. The van der Waals surface area contributed by atoms with E-state index in [1.165, 1.54) is 0 Å². The third-order valence-corrected chi connectivity index (χ3v) is 6.04. The van der Waals surface area contributed by atoms with Gasteiger partial charge < -0.3 is 18.9 Å². The van der Waals surface area contributed by atoms with E-state index in [1.54, 1.807) is 39.8 Å². The molecule has 4 rings (SSSR count). The minimum absolute atomic E-state index is 0.0228. The highest BCUT2D eigenvalue weighted by atomic mass is 32.1. The quantitative estimate of drug-likeness (QED) is 0.506. The Morgan fingerprint density at radius 3 is 2.26 bits per heavy atom. The number of rotatable bonds is 7. The van der Waals surface area contributed by atoms with Gasteiger partial charge in [-0.25, -0.2) is 9.99 Å². The van der Waals surface area contributed by atoms with Crippen LogP contribution >= 0.6 is 11.3 Å². The monoisotopic (exact) mass is 439 g/mol. The molecule has 31 heavy (non-hydrogen) atoms. The van der Waals surface area contributed by atoms with Crippen LogP contribution in [0.15, 0.2) is 46.9 Å². The van der Waals surface area contributed by atoms with Crippen molar-refractivity contribution in [3.63, 3.8) is 0 Å². The molecule has 0 unspecified atom stereocenters. The Hall–Kier alpha value is -3.26. The number of para-hydroxylation sites is 1. The third kappa shape index (κ3) is 3.90.